The molecule has 196 valence electrons. The Labute approximate surface area is 224 Å². The van der Waals surface area contributed by atoms with Crippen molar-refractivity contribution in [3.8, 4) is 5.75 Å². The lowest BCUT2D eigenvalue weighted by Crippen LogP contribution is -2.35. The molecule has 0 atom stereocenters. The zero-order chi connectivity index (χ0) is 27.0. The summed E-state index contributed by atoms with van der Waals surface area (Å²) in [7, 11) is 5.07. The third-order valence-electron chi connectivity index (χ3n) is 6.34. The van der Waals surface area contributed by atoms with E-state index in [0.29, 0.717) is 57.6 Å². The number of carbonyl (C=O) groups is 2. The van der Waals surface area contributed by atoms with Crippen LogP contribution in [0.4, 0.5) is 21.5 Å². The summed E-state index contributed by atoms with van der Waals surface area (Å²) >= 11 is 6.15. The van der Waals surface area contributed by atoms with Gasteiger partial charge in [-0.2, -0.15) is 4.89 Å². The van der Waals surface area contributed by atoms with Gasteiger partial charge >= 0.3 is 0 Å². The van der Waals surface area contributed by atoms with E-state index < -0.39 is 5.82 Å². The summed E-state index contributed by atoms with van der Waals surface area (Å²) in [6.45, 7) is 0.598. The number of nitrogens with one attached hydrogen (secondary N) is 2. The Morgan fingerprint density at radius 1 is 1.11 bits per heavy atom. The van der Waals surface area contributed by atoms with E-state index in [1.54, 1.807) is 49.3 Å². The van der Waals surface area contributed by atoms with Gasteiger partial charge in [0, 0.05) is 40.9 Å². The molecule has 2 heterocycles. The first-order chi connectivity index (χ1) is 18.2. The molecule has 0 saturated carbocycles. The van der Waals surface area contributed by atoms with Gasteiger partial charge in [0.2, 0.25) is 5.91 Å². The van der Waals surface area contributed by atoms with Crippen LogP contribution in [0.5, 0.6) is 5.75 Å². The van der Waals surface area contributed by atoms with E-state index in [2.05, 4.69) is 10.6 Å². The minimum atomic E-state index is -0.584. The highest BCUT2D eigenvalue weighted by Crippen LogP contribution is 2.40. The highest BCUT2D eigenvalue weighted by Gasteiger charge is 2.29. The number of rotatable bonds is 6. The summed E-state index contributed by atoms with van der Waals surface area (Å²) in [5.74, 6) is -0.609. The number of hydrogen-bond donors (Lipinski definition) is 2. The SMILES string of the molecule is CN(C)CC(=O)N(C)c1ccc(N/C(=C2\C(=O)Nc3cc(Cl)ccc32)c2ccc3c(c2)OOCC3)cc1F. The molecule has 2 N–H and O–H groups in total. The number of carbonyl (C=O) groups excluding carboxylic acids is 2. The first-order valence-electron chi connectivity index (χ1n) is 12.0. The lowest BCUT2D eigenvalue weighted by molar-refractivity contribution is -0.215. The standard InChI is InChI=1S/C28H26ClFN4O4/c1-33(2)15-25(35)34(3)23-9-7-19(14-21(23)30)31-27(17-5-4-16-10-11-37-38-24(16)12-17)26-20-8-6-18(29)13-22(20)32-28(26)36/h4-9,12-14,31H,10-11,15H2,1-3H3,(H,32,36)/b27-26-. The van der Waals surface area contributed by atoms with Crippen LogP contribution in [0, 0.1) is 5.82 Å². The largest absolute Gasteiger partial charge is 0.354 e. The Kier molecular flexibility index (Phi) is 7.07. The number of nitrogens with zero attached hydrogens (tertiary/aromatic N) is 2. The average Bonchev–Trinajstić information content (AvgIpc) is 3.20. The smallest absolute Gasteiger partial charge is 0.258 e. The van der Waals surface area contributed by atoms with Gasteiger partial charge in [-0.25, -0.2) is 4.39 Å². The van der Waals surface area contributed by atoms with Gasteiger partial charge in [-0.15, -0.1) is 0 Å². The number of halogens is 2. The molecule has 2 aliphatic rings. The van der Waals surface area contributed by atoms with Crippen molar-refractivity contribution >= 4 is 51.7 Å². The molecule has 8 nitrogen and oxygen atoms in total. The second-order valence-corrected chi connectivity index (χ2v) is 9.79. The van der Waals surface area contributed by atoms with Gasteiger partial charge in [-0.05, 0) is 50.5 Å². The van der Waals surface area contributed by atoms with Crippen LogP contribution in [0.15, 0.2) is 54.6 Å². The van der Waals surface area contributed by atoms with Crippen molar-refractivity contribution in [3.05, 3.63) is 82.1 Å². The molecule has 0 saturated heterocycles. The number of amides is 2. The Morgan fingerprint density at radius 3 is 2.68 bits per heavy atom. The van der Waals surface area contributed by atoms with Crippen LogP contribution in [0.25, 0.3) is 11.3 Å². The Hall–Kier alpha value is -3.92. The van der Waals surface area contributed by atoms with Gasteiger partial charge in [0.1, 0.15) is 5.82 Å². The van der Waals surface area contributed by atoms with Gasteiger partial charge in [0.25, 0.3) is 5.91 Å². The first kappa shape index (κ1) is 25.7. The molecule has 2 amide bonds. The molecule has 0 radical (unpaired) electrons. The van der Waals surface area contributed by atoms with Crippen LogP contribution in [-0.2, 0) is 20.9 Å². The highest BCUT2D eigenvalue weighted by atomic mass is 35.5. The van der Waals surface area contributed by atoms with Crippen molar-refractivity contribution in [1.29, 1.82) is 0 Å². The predicted octanol–water partition coefficient (Wildman–Crippen LogP) is 4.80. The molecule has 0 fully saturated rings. The Morgan fingerprint density at radius 2 is 1.92 bits per heavy atom. The quantitative estimate of drug-likeness (QED) is 0.348. The summed E-state index contributed by atoms with van der Waals surface area (Å²) < 4.78 is 15.2. The molecule has 10 heteroatoms. The van der Waals surface area contributed by atoms with Crippen LogP contribution in [0.2, 0.25) is 5.02 Å². The van der Waals surface area contributed by atoms with Crippen molar-refractivity contribution in [3.63, 3.8) is 0 Å². The maximum absolute atomic E-state index is 15.2. The van der Waals surface area contributed by atoms with Crippen molar-refractivity contribution < 1.29 is 23.8 Å². The zero-order valence-electron chi connectivity index (χ0n) is 21.1. The monoisotopic (exact) mass is 536 g/mol. The third kappa shape index (κ3) is 5.08. The average molecular weight is 537 g/mol. The van der Waals surface area contributed by atoms with E-state index in [1.807, 2.05) is 12.1 Å². The lowest BCUT2D eigenvalue weighted by atomic mass is 9.98. The first-order valence-corrected chi connectivity index (χ1v) is 12.3. The maximum atomic E-state index is 15.2. The van der Waals surface area contributed by atoms with E-state index >= 15 is 4.39 Å². The van der Waals surface area contributed by atoms with Gasteiger partial charge in [0.05, 0.1) is 35.8 Å². The van der Waals surface area contributed by atoms with Gasteiger partial charge in [0.15, 0.2) is 5.75 Å². The second kappa shape index (κ2) is 10.4. The summed E-state index contributed by atoms with van der Waals surface area (Å²) in [5, 5.41) is 6.58. The van der Waals surface area contributed by atoms with Crippen LogP contribution in [0.3, 0.4) is 0 Å². The number of fused-ring (bicyclic) bond motifs is 2. The summed E-state index contributed by atoms with van der Waals surface area (Å²) in [6.07, 6.45) is 0.698. The van der Waals surface area contributed by atoms with Crippen LogP contribution < -0.4 is 20.4 Å². The Bertz CT molecular complexity index is 1470. The normalized spacial score (nSPS) is 15.4. The van der Waals surface area contributed by atoms with Crippen molar-refractivity contribution in [2.75, 3.05) is 49.8 Å². The second-order valence-electron chi connectivity index (χ2n) is 9.35. The minimum Gasteiger partial charge on any atom is -0.354 e. The molecule has 2 aliphatic heterocycles. The molecule has 0 aliphatic carbocycles. The summed E-state index contributed by atoms with van der Waals surface area (Å²) in [4.78, 5) is 39.1. The van der Waals surface area contributed by atoms with E-state index in [0.717, 1.165) is 5.56 Å². The molecule has 3 aromatic rings. The molecule has 0 unspecified atom stereocenters. The molecule has 0 spiro atoms. The Balaban J connectivity index is 1.57. The van der Waals surface area contributed by atoms with Gasteiger partial charge < -0.3 is 25.3 Å². The van der Waals surface area contributed by atoms with E-state index in [4.69, 9.17) is 21.4 Å². The van der Waals surface area contributed by atoms with Crippen molar-refractivity contribution in [2.45, 2.75) is 6.42 Å². The fourth-order valence-electron chi connectivity index (χ4n) is 4.44. The van der Waals surface area contributed by atoms with Gasteiger partial charge in [-0.3, -0.25) is 9.59 Å². The topological polar surface area (TPSA) is 83.1 Å². The van der Waals surface area contributed by atoms with Crippen LogP contribution in [-0.4, -0.2) is 51.0 Å². The van der Waals surface area contributed by atoms with Crippen LogP contribution >= 0.6 is 11.6 Å². The number of hydrogen-bond acceptors (Lipinski definition) is 6. The predicted molar refractivity (Wildman–Crippen MR) is 146 cm³/mol. The number of benzene rings is 3. The van der Waals surface area contributed by atoms with Gasteiger partial charge in [-0.1, -0.05) is 29.8 Å². The molecule has 0 bridgehead atoms. The highest BCUT2D eigenvalue weighted by molar-refractivity contribution is 6.38. The maximum Gasteiger partial charge on any atom is 0.258 e. The third-order valence-corrected chi connectivity index (χ3v) is 6.57. The van der Waals surface area contributed by atoms with Crippen LogP contribution in [0.1, 0.15) is 16.7 Å². The van der Waals surface area contributed by atoms with E-state index in [1.165, 1.54) is 24.1 Å². The van der Waals surface area contributed by atoms with Crippen molar-refractivity contribution in [2.24, 2.45) is 0 Å². The fourth-order valence-corrected chi connectivity index (χ4v) is 4.61. The number of anilines is 3. The van der Waals surface area contributed by atoms with Crippen molar-refractivity contribution in [1.82, 2.24) is 4.90 Å². The lowest BCUT2D eigenvalue weighted by Gasteiger charge is -2.22. The molecule has 38 heavy (non-hydrogen) atoms. The molecule has 3 aromatic carbocycles. The zero-order valence-corrected chi connectivity index (χ0v) is 21.9. The molecule has 5 rings (SSSR count). The number of likely N-dealkylation sites (N-methyl/N-ethyl adjacent to an activating group) is 2. The summed E-state index contributed by atoms with van der Waals surface area (Å²) in [5.41, 5.74) is 4.22. The summed E-state index contributed by atoms with van der Waals surface area (Å²) in [6, 6.07) is 15.2. The molecular weight excluding hydrogens is 511 g/mol. The molecule has 0 aromatic heterocycles. The minimum absolute atomic E-state index is 0.148. The molecular formula is C28H26ClFN4O4. The fraction of sp³-hybridized carbons (Fsp3) is 0.214. The van der Waals surface area contributed by atoms with E-state index in [9.17, 15) is 9.59 Å². The van der Waals surface area contributed by atoms with E-state index in [-0.39, 0.29) is 24.0 Å².